The molecule has 0 spiro atoms. The monoisotopic (exact) mass is 242 g/mol. The van der Waals surface area contributed by atoms with E-state index in [9.17, 15) is 0 Å². The van der Waals surface area contributed by atoms with Crippen LogP contribution in [0.1, 0.15) is 17.3 Å². The largest absolute Gasteiger partial charge is 0.325 e. The third-order valence-corrected chi connectivity index (χ3v) is 2.88. The fourth-order valence-electron chi connectivity index (χ4n) is 2.12. The molecule has 6 heteroatoms. The van der Waals surface area contributed by atoms with Gasteiger partial charge < -0.3 is 10.1 Å². The molecule has 0 aliphatic carbocycles. The summed E-state index contributed by atoms with van der Waals surface area (Å²) < 4.78 is 3.72. The second-order valence-electron chi connectivity index (χ2n) is 4.13. The van der Waals surface area contributed by atoms with Crippen molar-refractivity contribution in [3.05, 3.63) is 41.7 Å². The molecule has 0 saturated carbocycles. The molecule has 3 heterocycles. The van der Waals surface area contributed by atoms with Gasteiger partial charge in [0.05, 0.1) is 5.69 Å². The Balaban J connectivity index is 2.32. The van der Waals surface area contributed by atoms with Crippen LogP contribution in [0.3, 0.4) is 0 Å². The van der Waals surface area contributed by atoms with Crippen LogP contribution < -0.4 is 5.73 Å². The Morgan fingerprint density at radius 1 is 1.22 bits per heavy atom. The molecule has 0 aliphatic heterocycles. The maximum Gasteiger partial charge on any atom is 0.179 e. The van der Waals surface area contributed by atoms with E-state index in [4.69, 9.17) is 5.73 Å². The summed E-state index contributed by atoms with van der Waals surface area (Å²) in [5.41, 5.74) is 7.62. The van der Waals surface area contributed by atoms with E-state index in [0.29, 0.717) is 6.54 Å². The number of aryl methyl sites for hydroxylation is 2. The molecule has 2 N–H and O–H groups in total. The number of rotatable bonds is 2. The van der Waals surface area contributed by atoms with Gasteiger partial charge in [0.15, 0.2) is 5.82 Å². The molecule has 0 aromatic carbocycles. The number of aromatic nitrogens is 5. The van der Waals surface area contributed by atoms with Crippen LogP contribution >= 0.6 is 0 Å². The van der Waals surface area contributed by atoms with E-state index in [-0.39, 0.29) is 0 Å². The van der Waals surface area contributed by atoms with Gasteiger partial charge in [0, 0.05) is 12.7 Å². The van der Waals surface area contributed by atoms with E-state index < -0.39 is 0 Å². The summed E-state index contributed by atoms with van der Waals surface area (Å²) in [5.74, 6) is 2.29. The lowest BCUT2D eigenvalue weighted by Gasteiger charge is -2.02. The highest BCUT2D eigenvalue weighted by atomic mass is 15.4. The molecular weight excluding hydrogens is 228 g/mol. The zero-order valence-electron chi connectivity index (χ0n) is 10.3. The van der Waals surface area contributed by atoms with E-state index in [2.05, 4.69) is 15.1 Å². The van der Waals surface area contributed by atoms with Crippen molar-refractivity contribution in [1.82, 2.24) is 24.1 Å². The molecule has 3 rings (SSSR count). The molecule has 3 aromatic rings. The minimum Gasteiger partial charge on any atom is -0.325 e. The molecule has 0 bridgehead atoms. The van der Waals surface area contributed by atoms with Crippen molar-refractivity contribution in [2.24, 2.45) is 5.73 Å². The van der Waals surface area contributed by atoms with E-state index in [1.807, 2.05) is 42.6 Å². The number of imidazole rings is 1. The Morgan fingerprint density at radius 2 is 2.06 bits per heavy atom. The molecular formula is C12H14N6. The quantitative estimate of drug-likeness (QED) is 0.727. The number of pyridine rings is 1. The van der Waals surface area contributed by atoms with Crippen molar-refractivity contribution in [2.75, 3.05) is 0 Å². The second kappa shape index (κ2) is 3.92. The van der Waals surface area contributed by atoms with Crippen molar-refractivity contribution in [3.8, 4) is 5.82 Å². The number of hydrogen-bond donors (Lipinski definition) is 1. The first kappa shape index (κ1) is 10.9. The first-order valence-electron chi connectivity index (χ1n) is 5.77. The lowest BCUT2D eigenvalue weighted by molar-refractivity contribution is 0.789. The third-order valence-electron chi connectivity index (χ3n) is 2.88. The summed E-state index contributed by atoms with van der Waals surface area (Å²) in [5, 5.41) is 4.36. The minimum absolute atomic E-state index is 0.402. The van der Waals surface area contributed by atoms with E-state index in [1.165, 1.54) is 0 Å². The molecule has 0 saturated heterocycles. The van der Waals surface area contributed by atoms with Crippen LogP contribution in [-0.4, -0.2) is 24.1 Å². The molecule has 0 radical (unpaired) electrons. The Bertz CT molecular complexity index is 709. The third kappa shape index (κ3) is 1.50. The number of nitrogens with zero attached hydrogens (tertiary/aromatic N) is 5. The fraction of sp³-hybridized carbons (Fsp3) is 0.250. The van der Waals surface area contributed by atoms with E-state index in [1.54, 1.807) is 4.68 Å². The molecule has 92 valence electrons. The van der Waals surface area contributed by atoms with Crippen molar-refractivity contribution in [1.29, 1.82) is 0 Å². The predicted molar refractivity (Wildman–Crippen MR) is 67.5 cm³/mol. The first-order valence-corrected chi connectivity index (χ1v) is 5.77. The van der Waals surface area contributed by atoms with Crippen molar-refractivity contribution in [3.63, 3.8) is 0 Å². The van der Waals surface area contributed by atoms with Gasteiger partial charge in [0.25, 0.3) is 0 Å². The molecule has 0 amide bonds. The Morgan fingerprint density at radius 3 is 2.72 bits per heavy atom. The maximum atomic E-state index is 5.83. The summed E-state index contributed by atoms with van der Waals surface area (Å²) in [6.07, 6.45) is 1.95. The van der Waals surface area contributed by atoms with Gasteiger partial charge >= 0.3 is 0 Å². The Hall–Kier alpha value is -2.21. The SMILES string of the molecule is Cc1nc(C)n(-c2nc3ccccn3c2CN)n1. The van der Waals surface area contributed by atoms with Gasteiger partial charge in [0.2, 0.25) is 0 Å². The number of nitrogens with two attached hydrogens (primary N) is 1. The summed E-state index contributed by atoms with van der Waals surface area (Å²) in [6.45, 7) is 4.17. The smallest absolute Gasteiger partial charge is 0.179 e. The molecule has 0 unspecified atom stereocenters. The molecule has 0 atom stereocenters. The molecule has 0 fully saturated rings. The van der Waals surface area contributed by atoms with Crippen LogP contribution in [0.2, 0.25) is 0 Å². The highest BCUT2D eigenvalue weighted by Gasteiger charge is 2.15. The number of hydrogen-bond acceptors (Lipinski definition) is 4. The first-order chi connectivity index (χ1) is 8.70. The van der Waals surface area contributed by atoms with Crippen molar-refractivity contribution >= 4 is 5.65 Å². The molecule has 18 heavy (non-hydrogen) atoms. The molecule has 6 nitrogen and oxygen atoms in total. The van der Waals surface area contributed by atoms with Crippen LogP contribution in [0.5, 0.6) is 0 Å². The lowest BCUT2D eigenvalue weighted by Crippen LogP contribution is -2.08. The van der Waals surface area contributed by atoms with Crippen molar-refractivity contribution in [2.45, 2.75) is 20.4 Å². The van der Waals surface area contributed by atoms with Crippen LogP contribution in [0.4, 0.5) is 0 Å². The van der Waals surface area contributed by atoms with Crippen LogP contribution in [0, 0.1) is 13.8 Å². The minimum atomic E-state index is 0.402. The van der Waals surface area contributed by atoms with Gasteiger partial charge in [-0.1, -0.05) is 6.07 Å². The van der Waals surface area contributed by atoms with E-state index >= 15 is 0 Å². The Labute approximate surface area is 104 Å². The van der Waals surface area contributed by atoms with Gasteiger partial charge in [-0.2, -0.15) is 4.68 Å². The van der Waals surface area contributed by atoms with Gasteiger partial charge in [-0.25, -0.2) is 9.97 Å². The lowest BCUT2D eigenvalue weighted by atomic mass is 10.4. The van der Waals surface area contributed by atoms with Gasteiger partial charge in [-0.3, -0.25) is 0 Å². The van der Waals surface area contributed by atoms with E-state index in [0.717, 1.165) is 28.8 Å². The summed E-state index contributed by atoms with van der Waals surface area (Å²) in [4.78, 5) is 8.87. The zero-order chi connectivity index (χ0) is 12.7. The maximum absolute atomic E-state index is 5.83. The summed E-state index contributed by atoms with van der Waals surface area (Å²) >= 11 is 0. The molecule has 3 aromatic heterocycles. The normalized spacial score (nSPS) is 11.3. The zero-order valence-corrected chi connectivity index (χ0v) is 10.3. The van der Waals surface area contributed by atoms with Gasteiger partial charge in [-0.05, 0) is 26.0 Å². The van der Waals surface area contributed by atoms with Gasteiger partial charge in [-0.15, -0.1) is 5.10 Å². The highest BCUT2D eigenvalue weighted by Crippen LogP contribution is 2.17. The fourth-order valence-corrected chi connectivity index (χ4v) is 2.12. The average Bonchev–Trinajstić information content (AvgIpc) is 2.88. The van der Waals surface area contributed by atoms with Crippen LogP contribution in [0.25, 0.3) is 11.5 Å². The standard InChI is InChI=1S/C12H14N6/c1-8-14-9(2)18(16-8)12-10(7-13)17-6-4-3-5-11(17)15-12/h3-6H,7,13H2,1-2H3. The number of fused-ring (bicyclic) bond motifs is 1. The highest BCUT2D eigenvalue weighted by molar-refractivity contribution is 5.48. The summed E-state index contributed by atoms with van der Waals surface area (Å²) in [7, 11) is 0. The molecule has 0 aliphatic rings. The Kier molecular flexibility index (Phi) is 2.38. The summed E-state index contributed by atoms with van der Waals surface area (Å²) in [6, 6.07) is 5.85. The second-order valence-corrected chi connectivity index (χ2v) is 4.13. The van der Waals surface area contributed by atoms with Gasteiger partial charge in [0.1, 0.15) is 17.3 Å². The van der Waals surface area contributed by atoms with Crippen molar-refractivity contribution < 1.29 is 0 Å². The van der Waals surface area contributed by atoms with Crippen LogP contribution in [-0.2, 0) is 6.54 Å². The predicted octanol–water partition coefficient (Wildman–Crippen LogP) is 0.991. The average molecular weight is 242 g/mol. The topological polar surface area (TPSA) is 74.0 Å². The van der Waals surface area contributed by atoms with Crippen LogP contribution in [0.15, 0.2) is 24.4 Å².